The summed E-state index contributed by atoms with van der Waals surface area (Å²) in [5, 5.41) is 0. The Hall–Kier alpha value is -4.04. The van der Waals surface area contributed by atoms with Crippen molar-refractivity contribution in [2.24, 2.45) is 29.2 Å². The highest BCUT2D eigenvalue weighted by Gasteiger charge is 2.36. The van der Waals surface area contributed by atoms with E-state index in [9.17, 15) is 78.6 Å². The second-order valence-corrected chi connectivity index (χ2v) is 34.9. The van der Waals surface area contributed by atoms with Gasteiger partial charge in [0, 0.05) is 136 Å². The molecule has 0 saturated carbocycles. The lowest BCUT2D eigenvalue weighted by Gasteiger charge is -2.37. The molecule has 0 radical (unpaired) electrons. The summed E-state index contributed by atoms with van der Waals surface area (Å²) in [7, 11) is -5.82. The van der Waals surface area contributed by atoms with Gasteiger partial charge in [0.25, 0.3) is 20.4 Å². The normalized spacial score (nSPS) is 18.1. The van der Waals surface area contributed by atoms with Gasteiger partial charge in [-0.3, -0.25) is 9.59 Å². The lowest BCUT2D eigenvalue weighted by Crippen LogP contribution is -2.49. The van der Waals surface area contributed by atoms with Crippen LogP contribution in [0.1, 0.15) is 110 Å². The van der Waals surface area contributed by atoms with Gasteiger partial charge in [0.1, 0.15) is 17.5 Å². The smallest absolute Gasteiger partial charge is 0.278 e. The molecule has 34 heteroatoms. The summed E-state index contributed by atoms with van der Waals surface area (Å²) in [4.78, 5) is 28.0. The summed E-state index contributed by atoms with van der Waals surface area (Å²) < 4.78 is 221. The van der Waals surface area contributed by atoms with E-state index in [1.165, 1.54) is 28.2 Å². The highest BCUT2D eigenvalue weighted by Crippen LogP contribution is 2.30. The Morgan fingerprint density at radius 3 is 1.18 bits per heavy atom. The van der Waals surface area contributed by atoms with Crippen LogP contribution in [-0.4, -0.2) is 184 Å². The molecule has 3 aliphatic heterocycles. The average Bonchev–Trinajstić information content (AvgIpc) is 1.08. The van der Waals surface area contributed by atoms with Crippen molar-refractivity contribution in [3.05, 3.63) is 105 Å². The third-order valence-electron chi connectivity index (χ3n) is 16.1. The molecule has 0 aliphatic carbocycles. The molecular formula is C59H92F9N11O9S5. The first-order valence-electron chi connectivity index (χ1n) is 30.4. The predicted molar refractivity (Wildman–Crippen MR) is 343 cm³/mol. The van der Waals surface area contributed by atoms with Crippen LogP contribution in [-0.2, 0) is 82.2 Å². The van der Waals surface area contributed by atoms with Gasteiger partial charge in [-0.05, 0) is 152 Å². The summed E-state index contributed by atoms with van der Waals surface area (Å²) >= 11 is 0. The zero-order valence-corrected chi connectivity index (χ0v) is 58.4. The second kappa shape index (κ2) is 36.5. The van der Waals surface area contributed by atoms with E-state index in [2.05, 4.69) is 18.9 Å². The highest BCUT2D eigenvalue weighted by molar-refractivity contribution is 7.87. The van der Waals surface area contributed by atoms with Crippen LogP contribution in [0.4, 0.5) is 39.5 Å². The average molecular weight is 1430 g/mol. The maximum atomic E-state index is 14.3. The van der Waals surface area contributed by atoms with Crippen LogP contribution in [0.2, 0.25) is 0 Å². The Balaban J connectivity index is 0.000000299. The molecule has 0 bridgehead atoms. The summed E-state index contributed by atoms with van der Waals surface area (Å²) in [5.41, 5.74) is 11.7. The highest BCUT2D eigenvalue weighted by atomic mass is 32.2. The Labute approximate surface area is 549 Å². The Bertz CT molecular complexity index is 3280. The van der Waals surface area contributed by atoms with Gasteiger partial charge in [-0.1, -0.05) is 0 Å². The number of benzene rings is 3. The van der Waals surface area contributed by atoms with Crippen LogP contribution >= 0.6 is 0 Å². The Morgan fingerprint density at radius 1 is 0.516 bits per heavy atom. The number of nitrogens with one attached hydrogen (secondary N) is 4. The number of nitrogens with two attached hydrogens (primary N) is 2. The van der Waals surface area contributed by atoms with E-state index in [4.69, 9.17) is 11.5 Å². The molecule has 8 N–H and O–H groups in total. The predicted octanol–water partition coefficient (Wildman–Crippen LogP) is 5.49. The van der Waals surface area contributed by atoms with E-state index >= 15 is 0 Å². The molecule has 0 spiro atoms. The van der Waals surface area contributed by atoms with Crippen LogP contribution in [0.25, 0.3) is 0 Å². The number of carbonyl (C=O) groups excluding carboxylic acids is 2. The third-order valence-corrected chi connectivity index (χ3v) is 23.9. The SMILES string of the molecule is CC(C)(C)[S@](=O)N[C@H](Cc1cc(F)c(F)cc1F)C1CCN(C(=O)CCN)CC1.CN(C)S(=O)(=O)NCCC(=O)N1CCC([C@@H](Cc2cc(F)c(F)cc2F)N[S@@](=O)C(C)(C)C)CC1.CN(C)S(=O)(=O)NCCS(=O)N1CCC([C@H](N)Cc2cc(F)c(F)cc2F)CC1. The number of hydrogen-bond acceptors (Lipinski definition) is 11. The fourth-order valence-corrected chi connectivity index (χ4v) is 14.6. The molecular weight excluding hydrogens is 1340 g/mol. The third kappa shape index (κ3) is 25.7. The number of piperidine rings is 3. The maximum absolute atomic E-state index is 14.3. The van der Waals surface area contributed by atoms with Gasteiger partial charge in [0.15, 0.2) is 34.9 Å². The molecule has 3 aromatic carbocycles. The monoisotopic (exact) mass is 1430 g/mol. The zero-order chi connectivity index (χ0) is 70.1. The molecule has 6 rings (SSSR count). The summed E-state index contributed by atoms with van der Waals surface area (Å²) in [6.07, 6.45) is 4.06. The minimum absolute atomic E-state index is 0.000349. The van der Waals surface area contributed by atoms with E-state index < -0.39 is 133 Å². The van der Waals surface area contributed by atoms with E-state index in [-0.39, 0.29) is 90.8 Å². The van der Waals surface area contributed by atoms with Crippen molar-refractivity contribution in [2.75, 3.05) is 92.8 Å². The summed E-state index contributed by atoms with van der Waals surface area (Å²) in [6, 6.07) is 2.77. The van der Waals surface area contributed by atoms with E-state index in [1.54, 1.807) is 34.9 Å². The van der Waals surface area contributed by atoms with Gasteiger partial charge in [-0.2, -0.15) is 25.4 Å². The molecule has 93 heavy (non-hydrogen) atoms. The summed E-state index contributed by atoms with van der Waals surface area (Å²) in [5.74, 6) is -9.72. The van der Waals surface area contributed by atoms with Gasteiger partial charge >= 0.3 is 0 Å². The second-order valence-electron chi connectivity index (χ2n) is 25.4. The Kier molecular flexibility index (Phi) is 32.0. The molecule has 1 unspecified atom stereocenters. The van der Waals surface area contributed by atoms with Crippen molar-refractivity contribution in [3.8, 4) is 0 Å². The molecule has 0 aromatic heterocycles. The van der Waals surface area contributed by atoms with Crippen LogP contribution in [0.15, 0.2) is 36.4 Å². The van der Waals surface area contributed by atoms with Crippen molar-refractivity contribution in [1.82, 2.24) is 41.6 Å². The van der Waals surface area contributed by atoms with Crippen LogP contribution in [0, 0.1) is 70.1 Å². The first kappa shape index (κ1) is 81.4. The molecule has 3 aliphatic rings. The van der Waals surface area contributed by atoms with Crippen molar-refractivity contribution in [2.45, 2.75) is 140 Å². The van der Waals surface area contributed by atoms with Crippen molar-refractivity contribution >= 4 is 65.2 Å². The standard InChI is InChI=1S/C22H35F3N4O4S2.C20H30F3N3O2S.C17H27F3N4O3S2/c1-22(2,3)34(31)27-20(13-16-12-18(24)19(25)14-17(16)23)15-7-10-29(11-8-15)21(30)6-9-26-35(32,33)28(4)5;1-20(2,3)29(28)25-18(11-14-10-16(22)17(23)12-15(14)21)13-5-8-26(9-6-13)19(27)4-7-24;1-23(2)29(26,27)22-5-8-28(25)24-6-3-12(4-7-24)17(21)10-13-9-15(19)16(20)11-14(13)18/h12,14-15,20,26-27H,6-11,13H2,1-5H3;10,12-13,18,25H,4-9,11,24H2,1-3H3;9,11-12,17,22H,3-8,10,21H2,1-2H3/t20-,34+;18-,29+;17-,28?/m111/s1. The lowest BCUT2D eigenvalue weighted by molar-refractivity contribution is -0.133. The molecule has 3 saturated heterocycles. The van der Waals surface area contributed by atoms with Crippen LogP contribution in [0.5, 0.6) is 0 Å². The molecule has 3 aromatic rings. The van der Waals surface area contributed by atoms with Gasteiger partial charge in [0.2, 0.25) is 11.8 Å². The first-order chi connectivity index (χ1) is 43.1. The number of nitrogens with zero attached hydrogens (tertiary/aromatic N) is 5. The van der Waals surface area contributed by atoms with Crippen molar-refractivity contribution in [1.29, 1.82) is 0 Å². The largest absolute Gasteiger partial charge is 0.343 e. The number of carbonyl (C=O) groups is 2. The van der Waals surface area contributed by atoms with Crippen LogP contribution < -0.4 is 30.4 Å². The van der Waals surface area contributed by atoms with Crippen molar-refractivity contribution < 1.29 is 78.6 Å². The number of amides is 2. The fraction of sp³-hybridized carbons (Fsp3) is 0.661. The first-order valence-corrected chi connectivity index (χ1v) is 36.9. The van der Waals surface area contributed by atoms with Crippen molar-refractivity contribution in [3.63, 3.8) is 0 Å². The molecule has 3 fully saturated rings. The van der Waals surface area contributed by atoms with E-state index in [1.807, 2.05) is 20.8 Å². The zero-order valence-electron chi connectivity index (χ0n) is 54.3. The lowest BCUT2D eigenvalue weighted by atomic mass is 9.86. The molecule has 6 atom stereocenters. The molecule has 2 amide bonds. The number of likely N-dealkylation sites (tertiary alicyclic amines) is 2. The maximum Gasteiger partial charge on any atom is 0.278 e. The molecule has 530 valence electrons. The summed E-state index contributed by atoms with van der Waals surface area (Å²) in [6.45, 7) is 14.0. The molecule has 20 nitrogen and oxygen atoms in total. The molecule has 3 heterocycles. The Morgan fingerprint density at radius 2 is 0.839 bits per heavy atom. The van der Waals surface area contributed by atoms with Gasteiger partial charge in [-0.25, -0.2) is 75.3 Å². The van der Waals surface area contributed by atoms with Gasteiger partial charge in [-0.15, -0.1) is 0 Å². The number of halogens is 9. The van der Waals surface area contributed by atoms with E-state index in [0.29, 0.717) is 109 Å². The number of hydrogen-bond donors (Lipinski definition) is 6. The quantitative estimate of drug-likeness (QED) is 0.0432. The topological polar surface area (TPSA) is 270 Å². The van der Waals surface area contributed by atoms with Gasteiger partial charge in [0.05, 0.1) is 48.2 Å². The fourth-order valence-electron chi connectivity index (χ4n) is 10.3. The number of rotatable bonds is 26. The van der Waals surface area contributed by atoms with E-state index in [0.717, 1.165) is 26.8 Å². The van der Waals surface area contributed by atoms with Gasteiger partial charge < -0.3 is 21.3 Å². The van der Waals surface area contributed by atoms with Crippen LogP contribution in [0.3, 0.4) is 0 Å². The minimum atomic E-state index is -3.61. The minimum Gasteiger partial charge on any atom is -0.343 e.